The van der Waals surface area contributed by atoms with Gasteiger partial charge in [0.2, 0.25) is 0 Å². The molecular weight excluding hydrogens is 314 g/mol. The second-order valence-electron chi connectivity index (χ2n) is 5.29. The molecule has 0 radical (unpaired) electrons. The maximum absolute atomic E-state index is 12.3. The van der Waals surface area contributed by atoms with E-state index in [1.807, 2.05) is 5.38 Å². The van der Waals surface area contributed by atoms with E-state index in [1.165, 1.54) is 7.11 Å². The van der Waals surface area contributed by atoms with Crippen molar-refractivity contribution in [1.82, 2.24) is 10.3 Å². The number of benzene rings is 1. The van der Waals surface area contributed by atoms with E-state index in [0.717, 1.165) is 24.6 Å². The standard InChI is InChI=1S/C16H17N3O3S/c1-22-15(21)12-4-2-11(3-5-12)14(20)18-13-6-8-19(10-13)16-17-7-9-23-16/h2-5,7,9,13H,6,8,10H2,1H3,(H,18,20). The molecule has 1 N–H and O–H groups in total. The molecule has 2 aromatic rings. The Balaban J connectivity index is 1.58. The fourth-order valence-corrected chi connectivity index (χ4v) is 3.25. The summed E-state index contributed by atoms with van der Waals surface area (Å²) < 4.78 is 4.64. The number of anilines is 1. The smallest absolute Gasteiger partial charge is 0.337 e. The van der Waals surface area contributed by atoms with Gasteiger partial charge in [-0.1, -0.05) is 0 Å². The Morgan fingerprint density at radius 2 is 2.04 bits per heavy atom. The van der Waals surface area contributed by atoms with Gasteiger partial charge in [-0.15, -0.1) is 11.3 Å². The van der Waals surface area contributed by atoms with E-state index < -0.39 is 5.97 Å². The molecule has 1 aromatic heterocycles. The Hall–Kier alpha value is -2.41. The van der Waals surface area contributed by atoms with Crippen molar-refractivity contribution in [3.05, 3.63) is 47.0 Å². The quantitative estimate of drug-likeness (QED) is 0.867. The van der Waals surface area contributed by atoms with Crippen LogP contribution in [-0.2, 0) is 4.74 Å². The maximum atomic E-state index is 12.3. The van der Waals surface area contributed by atoms with Gasteiger partial charge in [-0.25, -0.2) is 9.78 Å². The summed E-state index contributed by atoms with van der Waals surface area (Å²) in [5.74, 6) is -0.542. The van der Waals surface area contributed by atoms with E-state index >= 15 is 0 Å². The zero-order valence-corrected chi connectivity index (χ0v) is 13.5. The lowest BCUT2D eigenvalue weighted by atomic mass is 10.1. The molecule has 6 nitrogen and oxygen atoms in total. The minimum Gasteiger partial charge on any atom is -0.465 e. The monoisotopic (exact) mass is 331 g/mol. The Bertz CT molecular complexity index is 685. The molecule has 1 fully saturated rings. The highest BCUT2D eigenvalue weighted by atomic mass is 32.1. The zero-order chi connectivity index (χ0) is 16.2. The van der Waals surface area contributed by atoms with E-state index in [-0.39, 0.29) is 11.9 Å². The second-order valence-corrected chi connectivity index (χ2v) is 6.16. The SMILES string of the molecule is COC(=O)c1ccc(C(=O)NC2CCN(c3nccs3)C2)cc1. The Morgan fingerprint density at radius 1 is 1.30 bits per heavy atom. The van der Waals surface area contributed by atoms with E-state index in [1.54, 1.807) is 41.8 Å². The first-order valence-corrected chi connectivity index (χ1v) is 8.19. The van der Waals surface area contributed by atoms with Gasteiger partial charge in [0.25, 0.3) is 5.91 Å². The van der Waals surface area contributed by atoms with E-state index in [9.17, 15) is 9.59 Å². The summed E-state index contributed by atoms with van der Waals surface area (Å²) in [6.07, 6.45) is 2.68. The van der Waals surface area contributed by atoms with Gasteiger partial charge < -0.3 is 15.0 Å². The molecule has 1 saturated heterocycles. The van der Waals surface area contributed by atoms with Crippen LogP contribution in [0.15, 0.2) is 35.8 Å². The van der Waals surface area contributed by atoms with E-state index in [4.69, 9.17) is 0 Å². The lowest BCUT2D eigenvalue weighted by Crippen LogP contribution is -2.37. The molecule has 1 aromatic carbocycles. The number of methoxy groups -OCH3 is 1. The highest BCUT2D eigenvalue weighted by Gasteiger charge is 2.25. The molecule has 1 aliphatic heterocycles. The van der Waals surface area contributed by atoms with Crippen LogP contribution in [0.2, 0.25) is 0 Å². The van der Waals surface area contributed by atoms with Crippen LogP contribution in [0.1, 0.15) is 27.1 Å². The molecule has 23 heavy (non-hydrogen) atoms. The van der Waals surface area contributed by atoms with Gasteiger partial charge >= 0.3 is 5.97 Å². The van der Waals surface area contributed by atoms with E-state index in [2.05, 4.69) is 19.9 Å². The molecule has 3 rings (SSSR count). The highest BCUT2D eigenvalue weighted by molar-refractivity contribution is 7.13. The summed E-state index contributed by atoms with van der Waals surface area (Å²) in [5, 5.41) is 5.97. The molecule has 0 saturated carbocycles. The first kappa shape index (κ1) is 15.5. The average molecular weight is 331 g/mol. The number of nitrogens with one attached hydrogen (secondary N) is 1. The number of amides is 1. The second kappa shape index (κ2) is 6.78. The first-order chi connectivity index (χ1) is 11.2. The molecule has 2 heterocycles. The summed E-state index contributed by atoms with van der Waals surface area (Å²) >= 11 is 1.60. The van der Waals surface area contributed by atoms with Crippen molar-refractivity contribution in [2.24, 2.45) is 0 Å². The number of hydrogen-bond acceptors (Lipinski definition) is 6. The summed E-state index contributed by atoms with van der Waals surface area (Å²) in [6.45, 7) is 1.65. The topological polar surface area (TPSA) is 71.5 Å². The van der Waals surface area contributed by atoms with Crippen LogP contribution in [0.3, 0.4) is 0 Å². The highest BCUT2D eigenvalue weighted by Crippen LogP contribution is 2.22. The lowest BCUT2D eigenvalue weighted by Gasteiger charge is -2.15. The number of carbonyl (C=O) groups excluding carboxylic acids is 2. The third-order valence-electron chi connectivity index (χ3n) is 3.78. The average Bonchev–Trinajstić information content (AvgIpc) is 3.25. The summed E-state index contributed by atoms with van der Waals surface area (Å²) in [7, 11) is 1.33. The van der Waals surface area contributed by atoms with Crippen LogP contribution in [0, 0.1) is 0 Å². The molecule has 1 atom stereocenters. The van der Waals surface area contributed by atoms with Crippen molar-refractivity contribution in [2.45, 2.75) is 12.5 Å². The molecular formula is C16H17N3O3S. The van der Waals surface area contributed by atoms with Gasteiger partial charge in [-0.3, -0.25) is 4.79 Å². The Morgan fingerprint density at radius 3 is 2.70 bits per heavy atom. The minimum absolute atomic E-state index is 0.103. The third kappa shape index (κ3) is 3.50. The van der Waals surface area contributed by atoms with Crippen molar-refractivity contribution in [3.8, 4) is 0 Å². The molecule has 1 aliphatic rings. The first-order valence-electron chi connectivity index (χ1n) is 7.31. The van der Waals surface area contributed by atoms with Crippen LogP contribution < -0.4 is 10.2 Å². The van der Waals surface area contributed by atoms with Crippen LogP contribution in [0.5, 0.6) is 0 Å². The summed E-state index contributed by atoms with van der Waals surface area (Å²) in [4.78, 5) is 30.1. The van der Waals surface area contributed by atoms with Gasteiger partial charge in [-0.05, 0) is 30.7 Å². The molecule has 0 bridgehead atoms. The molecule has 0 aliphatic carbocycles. The molecule has 0 spiro atoms. The number of ether oxygens (including phenoxy) is 1. The minimum atomic E-state index is -0.410. The summed E-state index contributed by atoms with van der Waals surface area (Å²) in [5.41, 5.74) is 0.963. The molecule has 1 amide bonds. The van der Waals surface area contributed by atoms with Gasteiger partial charge in [0, 0.05) is 36.3 Å². The number of hydrogen-bond donors (Lipinski definition) is 1. The number of rotatable bonds is 4. The Kier molecular flexibility index (Phi) is 4.57. The van der Waals surface area contributed by atoms with Crippen molar-refractivity contribution >= 4 is 28.3 Å². The largest absolute Gasteiger partial charge is 0.465 e. The predicted molar refractivity (Wildman–Crippen MR) is 88.0 cm³/mol. The van der Waals surface area contributed by atoms with Gasteiger partial charge in [0.15, 0.2) is 5.13 Å². The van der Waals surface area contributed by atoms with Crippen LogP contribution in [-0.4, -0.2) is 43.1 Å². The van der Waals surface area contributed by atoms with Crippen molar-refractivity contribution in [1.29, 1.82) is 0 Å². The van der Waals surface area contributed by atoms with Gasteiger partial charge in [0.1, 0.15) is 0 Å². The molecule has 1 unspecified atom stereocenters. The van der Waals surface area contributed by atoms with Crippen molar-refractivity contribution < 1.29 is 14.3 Å². The number of nitrogens with zero attached hydrogens (tertiary/aromatic N) is 2. The van der Waals surface area contributed by atoms with Crippen LogP contribution in [0.25, 0.3) is 0 Å². The number of thiazole rings is 1. The molecule has 7 heteroatoms. The molecule has 120 valence electrons. The Labute approximate surface area is 138 Å². The summed E-state index contributed by atoms with van der Waals surface area (Å²) in [6, 6.07) is 6.56. The predicted octanol–water partition coefficient (Wildman–Crippen LogP) is 1.94. The maximum Gasteiger partial charge on any atom is 0.337 e. The zero-order valence-electron chi connectivity index (χ0n) is 12.7. The number of carbonyl (C=O) groups is 2. The normalized spacial score (nSPS) is 17.1. The lowest BCUT2D eigenvalue weighted by molar-refractivity contribution is 0.0600. The van der Waals surface area contributed by atoms with E-state index in [0.29, 0.717) is 11.1 Å². The fourth-order valence-electron chi connectivity index (χ4n) is 2.57. The van der Waals surface area contributed by atoms with Crippen LogP contribution in [0.4, 0.5) is 5.13 Å². The number of esters is 1. The van der Waals surface area contributed by atoms with Crippen molar-refractivity contribution in [3.63, 3.8) is 0 Å². The van der Waals surface area contributed by atoms with Gasteiger partial charge in [-0.2, -0.15) is 0 Å². The number of aromatic nitrogens is 1. The van der Waals surface area contributed by atoms with Crippen LogP contribution >= 0.6 is 11.3 Å². The van der Waals surface area contributed by atoms with Gasteiger partial charge in [0.05, 0.1) is 12.7 Å². The third-order valence-corrected chi connectivity index (χ3v) is 4.61. The fraction of sp³-hybridized carbons (Fsp3) is 0.312. The van der Waals surface area contributed by atoms with Crippen molar-refractivity contribution in [2.75, 3.05) is 25.1 Å².